The van der Waals surface area contributed by atoms with Crippen LogP contribution in [0.25, 0.3) is 10.3 Å². The predicted octanol–water partition coefficient (Wildman–Crippen LogP) is 2.39. The van der Waals surface area contributed by atoms with Gasteiger partial charge in [-0.05, 0) is 6.42 Å². The first-order valence-electron chi connectivity index (χ1n) is 8.00. The van der Waals surface area contributed by atoms with Crippen molar-refractivity contribution in [2.45, 2.75) is 18.8 Å². The van der Waals surface area contributed by atoms with Gasteiger partial charge in [-0.2, -0.15) is 26.3 Å². The molecule has 9 nitrogen and oxygen atoms in total. The molecule has 1 saturated heterocycles. The number of alkyl halides is 6. The van der Waals surface area contributed by atoms with E-state index in [0.717, 1.165) is 16.2 Å². The number of rotatable bonds is 2. The van der Waals surface area contributed by atoms with Gasteiger partial charge in [-0.15, -0.1) is 11.3 Å². The number of hydrogen-bond acceptors (Lipinski definition) is 7. The highest BCUT2D eigenvalue weighted by atomic mass is 32.1. The highest BCUT2D eigenvalue weighted by molar-refractivity contribution is 7.21. The van der Waals surface area contributed by atoms with Crippen LogP contribution in [-0.4, -0.2) is 68.4 Å². The number of carboxylic acids is 2. The number of nitrogen functional groups attached to an aromatic ring is 1. The Bertz CT molecular complexity index is 1020. The summed E-state index contributed by atoms with van der Waals surface area (Å²) in [4.78, 5) is 41.8. The first kappa shape index (κ1) is 24.1. The molecule has 16 heteroatoms. The van der Waals surface area contributed by atoms with Gasteiger partial charge in [0.05, 0.1) is 5.69 Å². The normalized spacial score (nSPS) is 19.1. The third-order valence-corrected chi connectivity index (χ3v) is 5.40. The molecule has 0 aromatic carbocycles. The van der Waals surface area contributed by atoms with Crippen LogP contribution >= 0.6 is 11.3 Å². The lowest BCUT2D eigenvalue weighted by atomic mass is 9.86. The SMILES string of the molecule is Nc1c(C(=O)N2CCC(C(=O)O)(C(F)(F)F)C2)sc2nccnc12.O=C(O)C(F)(F)F. The zero-order chi connectivity index (χ0) is 23.8. The Morgan fingerprint density at radius 2 is 1.65 bits per heavy atom. The van der Waals surface area contributed by atoms with Crippen LogP contribution in [0.15, 0.2) is 12.4 Å². The van der Waals surface area contributed by atoms with Gasteiger partial charge in [-0.3, -0.25) is 9.59 Å². The quantitative estimate of drug-likeness (QED) is 0.563. The molecule has 0 radical (unpaired) electrons. The number of anilines is 1. The molecule has 1 amide bonds. The molecule has 0 aliphatic carbocycles. The van der Waals surface area contributed by atoms with E-state index in [4.69, 9.17) is 20.7 Å². The van der Waals surface area contributed by atoms with Crippen LogP contribution in [0.4, 0.5) is 32.0 Å². The van der Waals surface area contributed by atoms with Gasteiger partial charge in [0.1, 0.15) is 15.2 Å². The van der Waals surface area contributed by atoms with Crippen LogP contribution < -0.4 is 5.73 Å². The molecule has 0 spiro atoms. The second-order valence-electron chi connectivity index (χ2n) is 6.22. The predicted molar refractivity (Wildman–Crippen MR) is 92.2 cm³/mol. The fraction of sp³-hybridized carbons (Fsp3) is 0.400. The molecule has 0 saturated carbocycles. The minimum absolute atomic E-state index is 0.0135. The lowest BCUT2D eigenvalue weighted by Gasteiger charge is -2.27. The summed E-state index contributed by atoms with van der Waals surface area (Å²) in [6.07, 6.45) is -7.95. The number of halogens is 6. The summed E-state index contributed by atoms with van der Waals surface area (Å²) in [6, 6.07) is 0. The molecule has 31 heavy (non-hydrogen) atoms. The minimum Gasteiger partial charge on any atom is -0.481 e. The van der Waals surface area contributed by atoms with Gasteiger partial charge in [0.2, 0.25) is 0 Å². The third-order valence-electron chi connectivity index (χ3n) is 4.31. The smallest absolute Gasteiger partial charge is 0.481 e. The number of aromatic nitrogens is 2. The Balaban J connectivity index is 0.000000423. The lowest BCUT2D eigenvalue weighted by molar-refractivity contribution is -0.227. The molecule has 1 aliphatic rings. The summed E-state index contributed by atoms with van der Waals surface area (Å²) in [6.45, 7) is -1.27. The van der Waals surface area contributed by atoms with Crippen molar-refractivity contribution >= 4 is 45.2 Å². The maximum Gasteiger partial charge on any atom is 0.490 e. The van der Waals surface area contributed by atoms with Crippen molar-refractivity contribution in [2.24, 2.45) is 5.41 Å². The van der Waals surface area contributed by atoms with Crippen LogP contribution in [0.2, 0.25) is 0 Å². The van der Waals surface area contributed by atoms with Gasteiger partial charge in [0, 0.05) is 25.5 Å². The number of nitrogens with zero attached hydrogens (tertiary/aromatic N) is 3. The average molecular weight is 474 g/mol. The van der Waals surface area contributed by atoms with E-state index in [1.807, 2.05) is 0 Å². The van der Waals surface area contributed by atoms with Gasteiger partial charge in [0.15, 0.2) is 5.41 Å². The number of fused-ring (bicyclic) bond motifs is 1. The van der Waals surface area contributed by atoms with Gasteiger partial charge >= 0.3 is 24.3 Å². The maximum absolute atomic E-state index is 13.2. The van der Waals surface area contributed by atoms with E-state index < -0.39 is 48.6 Å². The molecule has 1 aliphatic heterocycles. The van der Waals surface area contributed by atoms with E-state index in [9.17, 15) is 35.9 Å². The van der Waals surface area contributed by atoms with E-state index in [1.54, 1.807) is 0 Å². The van der Waals surface area contributed by atoms with Crippen molar-refractivity contribution in [3.8, 4) is 0 Å². The van der Waals surface area contributed by atoms with Crippen LogP contribution in [0, 0.1) is 5.41 Å². The lowest BCUT2D eigenvalue weighted by Crippen LogP contribution is -2.47. The largest absolute Gasteiger partial charge is 0.490 e. The van der Waals surface area contributed by atoms with Gasteiger partial charge < -0.3 is 20.8 Å². The Morgan fingerprint density at radius 1 is 1.10 bits per heavy atom. The van der Waals surface area contributed by atoms with E-state index in [0.29, 0.717) is 10.3 Å². The van der Waals surface area contributed by atoms with Gasteiger partial charge in [-0.1, -0.05) is 0 Å². The molecule has 170 valence electrons. The molecule has 2 aromatic rings. The average Bonchev–Trinajstić information content (AvgIpc) is 3.24. The highest BCUT2D eigenvalue weighted by Crippen LogP contribution is 2.46. The summed E-state index contributed by atoms with van der Waals surface area (Å²) in [5.74, 6) is -5.49. The number of thiophene rings is 1. The zero-order valence-corrected chi connectivity index (χ0v) is 15.8. The number of likely N-dealkylation sites (tertiary alicyclic amines) is 1. The van der Waals surface area contributed by atoms with Gasteiger partial charge in [0.25, 0.3) is 5.91 Å². The van der Waals surface area contributed by atoms with Crippen LogP contribution in [0.5, 0.6) is 0 Å². The van der Waals surface area contributed by atoms with Crippen LogP contribution in [-0.2, 0) is 9.59 Å². The highest BCUT2D eigenvalue weighted by Gasteiger charge is 2.64. The van der Waals surface area contributed by atoms with Crippen LogP contribution in [0.1, 0.15) is 16.1 Å². The van der Waals surface area contributed by atoms with Crippen LogP contribution in [0.3, 0.4) is 0 Å². The Morgan fingerprint density at radius 3 is 2.06 bits per heavy atom. The molecule has 4 N–H and O–H groups in total. The first-order chi connectivity index (χ1) is 14.1. The standard InChI is InChI=1S/C13H11F3N4O3S.C2HF3O2/c14-13(15,16)12(11(22)23)1-4-20(5-12)10(21)8-6(17)7-9(24-8)19-3-2-18-7;3-2(4,5)1(6)7/h2-3H,1,4-5,17H2,(H,22,23);(H,6,7). The summed E-state index contributed by atoms with van der Waals surface area (Å²) in [5.41, 5.74) is 3.22. The summed E-state index contributed by atoms with van der Waals surface area (Å²) < 4.78 is 71.3. The summed E-state index contributed by atoms with van der Waals surface area (Å²) >= 11 is 0.916. The molecule has 3 rings (SSSR count). The van der Waals surface area contributed by atoms with E-state index in [2.05, 4.69) is 9.97 Å². The van der Waals surface area contributed by atoms with Crippen molar-refractivity contribution < 1.29 is 50.9 Å². The number of carboxylic acid groups (broad SMARTS) is 2. The van der Waals surface area contributed by atoms with Gasteiger partial charge in [-0.25, -0.2) is 14.8 Å². The second-order valence-corrected chi connectivity index (χ2v) is 7.22. The molecular formula is C15H12F6N4O5S. The zero-order valence-electron chi connectivity index (χ0n) is 15.0. The first-order valence-corrected chi connectivity index (χ1v) is 8.82. The number of aliphatic carboxylic acids is 2. The topological polar surface area (TPSA) is 147 Å². The van der Waals surface area contributed by atoms with E-state index in [1.165, 1.54) is 12.4 Å². The fourth-order valence-electron chi connectivity index (χ4n) is 2.66. The Hall–Kier alpha value is -3.17. The molecule has 0 bridgehead atoms. The Labute approximate surface area is 172 Å². The fourth-order valence-corrected chi connectivity index (χ4v) is 3.65. The molecule has 1 fully saturated rings. The van der Waals surface area contributed by atoms with E-state index >= 15 is 0 Å². The second kappa shape index (κ2) is 8.16. The molecule has 3 heterocycles. The van der Waals surface area contributed by atoms with Crippen molar-refractivity contribution in [3.05, 3.63) is 17.3 Å². The number of carbonyl (C=O) groups is 3. The number of amides is 1. The maximum atomic E-state index is 13.2. The molecular weight excluding hydrogens is 462 g/mol. The number of nitrogens with two attached hydrogens (primary N) is 1. The Kier molecular flexibility index (Phi) is 6.35. The van der Waals surface area contributed by atoms with Crippen molar-refractivity contribution in [2.75, 3.05) is 18.8 Å². The van der Waals surface area contributed by atoms with E-state index in [-0.39, 0.29) is 17.1 Å². The third kappa shape index (κ3) is 4.62. The number of hydrogen-bond donors (Lipinski definition) is 3. The monoisotopic (exact) mass is 474 g/mol. The summed E-state index contributed by atoms with van der Waals surface area (Å²) in [5, 5.41) is 16.2. The molecule has 1 atom stereocenters. The molecule has 2 aromatic heterocycles. The van der Waals surface area contributed by atoms with Crippen molar-refractivity contribution in [1.29, 1.82) is 0 Å². The number of carbonyl (C=O) groups excluding carboxylic acids is 1. The minimum atomic E-state index is -5.08. The van der Waals surface area contributed by atoms with Crippen molar-refractivity contribution in [1.82, 2.24) is 14.9 Å². The summed E-state index contributed by atoms with van der Waals surface area (Å²) in [7, 11) is 0. The molecule has 1 unspecified atom stereocenters. The van der Waals surface area contributed by atoms with Crippen molar-refractivity contribution in [3.63, 3.8) is 0 Å².